The Labute approximate surface area is 208 Å². The molecule has 1 aromatic carbocycles. The molecule has 0 saturated carbocycles. The number of benzene rings is 1. The zero-order chi connectivity index (χ0) is 25.1. The lowest BCUT2D eigenvalue weighted by molar-refractivity contribution is -0.135. The summed E-state index contributed by atoms with van der Waals surface area (Å²) in [7, 11) is 0. The topological polar surface area (TPSA) is 109 Å². The third kappa shape index (κ3) is 7.85. The van der Waals surface area contributed by atoms with Crippen LogP contribution in [0.2, 0.25) is 0 Å². The first-order chi connectivity index (χ1) is 17.0. The monoisotopic (exact) mass is 488 g/mol. The third-order valence-electron chi connectivity index (χ3n) is 6.68. The Kier molecular flexibility index (Phi) is 10.2. The van der Waals surface area contributed by atoms with Crippen LogP contribution in [0.15, 0.2) is 24.3 Å². The standard InChI is InChI=1S/C26H40N4O5/c1-3-5-18-35-22-8-6-20(7-9-22)19-23(31)29-26(12-14-27-15-13-26)24(32)28-21-10-16-30(17-11-21)25(33)34-4-2/h6-9,21,27H,3-5,10-19H2,1-2H3,(H,28,32)(H,29,31). The number of likely N-dealkylation sites (tertiary alicyclic amines) is 1. The largest absolute Gasteiger partial charge is 0.494 e. The van der Waals surface area contributed by atoms with Crippen LogP contribution in [0.5, 0.6) is 5.75 Å². The molecule has 3 rings (SSSR count). The molecule has 0 aliphatic carbocycles. The summed E-state index contributed by atoms with van der Waals surface area (Å²) in [5.74, 6) is 0.492. The van der Waals surface area contributed by atoms with Gasteiger partial charge in [-0.1, -0.05) is 25.5 Å². The first kappa shape index (κ1) is 26.8. The summed E-state index contributed by atoms with van der Waals surface area (Å²) in [6, 6.07) is 7.53. The summed E-state index contributed by atoms with van der Waals surface area (Å²) >= 11 is 0. The van der Waals surface area contributed by atoms with Crippen molar-refractivity contribution < 1.29 is 23.9 Å². The number of carbonyl (C=O) groups is 3. The van der Waals surface area contributed by atoms with Crippen molar-refractivity contribution in [3.05, 3.63) is 29.8 Å². The van der Waals surface area contributed by atoms with Gasteiger partial charge < -0.3 is 30.3 Å². The van der Waals surface area contributed by atoms with Crippen molar-refractivity contribution in [3.63, 3.8) is 0 Å². The maximum Gasteiger partial charge on any atom is 0.409 e. The lowest BCUT2D eigenvalue weighted by atomic mass is 9.86. The number of amides is 3. The van der Waals surface area contributed by atoms with Gasteiger partial charge in [-0.15, -0.1) is 0 Å². The summed E-state index contributed by atoms with van der Waals surface area (Å²) < 4.78 is 10.8. The molecule has 3 N–H and O–H groups in total. The fraction of sp³-hybridized carbons (Fsp3) is 0.654. The van der Waals surface area contributed by atoms with Crippen LogP contribution < -0.4 is 20.7 Å². The number of nitrogens with zero attached hydrogens (tertiary/aromatic N) is 1. The highest BCUT2D eigenvalue weighted by Gasteiger charge is 2.42. The average Bonchev–Trinajstić information content (AvgIpc) is 2.86. The molecule has 0 aromatic heterocycles. The molecule has 2 aliphatic rings. The van der Waals surface area contributed by atoms with Crippen molar-refractivity contribution in [1.29, 1.82) is 0 Å². The molecule has 0 unspecified atom stereocenters. The number of hydrogen-bond acceptors (Lipinski definition) is 6. The number of nitrogens with one attached hydrogen (secondary N) is 3. The normalized spacial score (nSPS) is 17.9. The number of unbranched alkanes of at least 4 members (excludes halogenated alkanes) is 1. The van der Waals surface area contributed by atoms with E-state index in [-0.39, 0.29) is 30.4 Å². The van der Waals surface area contributed by atoms with Gasteiger partial charge in [-0.05, 0) is 69.8 Å². The van der Waals surface area contributed by atoms with Crippen LogP contribution in [0.4, 0.5) is 4.79 Å². The Bertz CT molecular complexity index is 831. The quantitative estimate of drug-likeness (QED) is 0.437. The predicted molar refractivity (Wildman–Crippen MR) is 133 cm³/mol. The van der Waals surface area contributed by atoms with Crippen LogP contribution in [-0.2, 0) is 20.7 Å². The first-order valence-electron chi connectivity index (χ1n) is 12.9. The Morgan fingerprint density at radius 1 is 1.09 bits per heavy atom. The molecule has 194 valence electrons. The highest BCUT2D eigenvalue weighted by atomic mass is 16.6. The zero-order valence-corrected chi connectivity index (χ0v) is 21.1. The minimum absolute atomic E-state index is 0.0305. The minimum atomic E-state index is -0.927. The number of rotatable bonds is 10. The Morgan fingerprint density at radius 2 is 1.77 bits per heavy atom. The van der Waals surface area contributed by atoms with E-state index in [1.165, 1.54) is 0 Å². The van der Waals surface area contributed by atoms with Crippen LogP contribution >= 0.6 is 0 Å². The molecule has 2 heterocycles. The fourth-order valence-corrected chi connectivity index (χ4v) is 4.54. The lowest BCUT2D eigenvalue weighted by Gasteiger charge is -2.39. The van der Waals surface area contributed by atoms with Crippen molar-refractivity contribution >= 4 is 17.9 Å². The van der Waals surface area contributed by atoms with E-state index >= 15 is 0 Å². The van der Waals surface area contributed by atoms with Gasteiger partial charge in [0.2, 0.25) is 11.8 Å². The summed E-state index contributed by atoms with van der Waals surface area (Å²) in [4.78, 5) is 39.9. The van der Waals surface area contributed by atoms with Crippen molar-refractivity contribution in [2.45, 2.75) is 70.4 Å². The van der Waals surface area contributed by atoms with E-state index in [4.69, 9.17) is 9.47 Å². The van der Waals surface area contributed by atoms with Crippen molar-refractivity contribution in [2.75, 3.05) is 39.4 Å². The fourth-order valence-electron chi connectivity index (χ4n) is 4.54. The molecular weight excluding hydrogens is 448 g/mol. The van der Waals surface area contributed by atoms with E-state index in [0.717, 1.165) is 24.2 Å². The molecule has 0 spiro atoms. The maximum atomic E-state index is 13.4. The molecule has 2 fully saturated rings. The van der Waals surface area contributed by atoms with Gasteiger partial charge in [-0.3, -0.25) is 9.59 Å². The summed E-state index contributed by atoms with van der Waals surface area (Å²) in [5.41, 5.74) is -0.0507. The van der Waals surface area contributed by atoms with E-state index in [1.54, 1.807) is 11.8 Å². The van der Waals surface area contributed by atoms with Gasteiger partial charge in [-0.2, -0.15) is 0 Å². The van der Waals surface area contributed by atoms with Crippen molar-refractivity contribution in [3.8, 4) is 5.75 Å². The Morgan fingerprint density at radius 3 is 2.40 bits per heavy atom. The summed E-state index contributed by atoms with van der Waals surface area (Å²) in [5, 5.41) is 9.48. The number of ether oxygens (including phenoxy) is 2. The second-order valence-corrected chi connectivity index (χ2v) is 9.34. The SMILES string of the molecule is CCCCOc1ccc(CC(=O)NC2(C(=O)NC3CCN(C(=O)OCC)CC3)CCNCC2)cc1. The second kappa shape index (κ2) is 13.3. The van der Waals surface area contributed by atoms with Crippen LogP contribution in [0.1, 0.15) is 57.9 Å². The van der Waals surface area contributed by atoms with Gasteiger partial charge in [0, 0.05) is 19.1 Å². The molecule has 0 radical (unpaired) electrons. The Balaban J connectivity index is 1.54. The van der Waals surface area contributed by atoms with Crippen molar-refractivity contribution in [1.82, 2.24) is 20.9 Å². The molecular formula is C26H40N4O5. The van der Waals surface area contributed by atoms with E-state index in [1.807, 2.05) is 24.3 Å². The number of carbonyl (C=O) groups excluding carboxylic acids is 3. The van der Waals surface area contributed by atoms with Crippen LogP contribution in [0, 0.1) is 0 Å². The van der Waals surface area contributed by atoms with Crippen LogP contribution in [0.25, 0.3) is 0 Å². The summed E-state index contributed by atoms with van der Waals surface area (Å²) in [6.07, 6.45) is 4.39. The van der Waals surface area contributed by atoms with E-state index in [2.05, 4.69) is 22.9 Å². The molecule has 0 atom stereocenters. The molecule has 9 heteroatoms. The zero-order valence-electron chi connectivity index (χ0n) is 21.1. The van der Waals surface area contributed by atoms with Crippen LogP contribution in [-0.4, -0.2) is 73.8 Å². The van der Waals surface area contributed by atoms with Gasteiger partial charge in [0.05, 0.1) is 19.6 Å². The molecule has 9 nitrogen and oxygen atoms in total. The molecule has 1 aromatic rings. The molecule has 35 heavy (non-hydrogen) atoms. The number of piperidine rings is 2. The summed E-state index contributed by atoms with van der Waals surface area (Å²) in [6.45, 7) is 7.36. The number of hydrogen-bond donors (Lipinski definition) is 3. The van der Waals surface area contributed by atoms with E-state index in [0.29, 0.717) is 65.1 Å². The predicted octanol–water partition coefficient (Wildman–Crippen LogP) is 2.38. The molecule has 3 amide bonds. The maximum absolute atomic E-state index is 13.4. The molecule has 2 saturated heterocycles. The Hall–Kier alpha value is -2.81. The average molecular weight is 489 g/mol. The van der Waals surface area contributed by atoms with E-state index in [9.17, 15) is 14.4 Å². The van der Waals surface area contributed by atoms with Gasteiger partial charge >= 0.3 is 6.09 Å². The van der Waals surface area contributed by atoms with Crippen LogP contribution in [0.3, 0.4) is 0 Å². The van der Waals surface area contributed by atoms with Gasteiger partial charge in [-0.25, -0.2) is 4.79 Å². The molecule has 0 bridgehead atoms. The smallest absolute Gasteiger partial charge is 0.409 e. The third-order valence-corrected chi connectivity index (χ3v) is 6.68. The second-order valence-electron chi connectivity index (χ2n) is 9.34. The highest BCUT2D eigenvalue weighted by molar-refractivity contribution is 5.92. The molecule has 2 aliphatic heterocycles. The van der Waals surface area contributed by atoms with Gasteiger partial charge in [0.25, 0.3) is 0 Å². The van der Waals surface area contributed by atoms with E-state index < -0.39 is 5.54 Å². The lowest BCUT2D eigenvalue weighted by Crippen LogP contribution is -2.64. The first-order valence-corrected chi connectivity index (χ1v) is 12.9. The highest BCUT2D eigenvalue weighted by Crippen LogP contribution is 2.21. The minimum Gasteiger partial charge on any atom is -0.494 e. The van der Waals surface area contributed by atoms with Crippen molar-refractivity contribution in [2.24, 2.45) is 0 Å². The van der Waals surface area contributed by atoms with Gasteiger partial charge in [0.1, 0.15) is 11.3 Å². The van der Waals surface area contributed by atoms with Gasteiger partial charge in [0.15, 0.2) is 0 Å².